The molecule has 1 aliphatic rings. The molecule has 2 N–H and O–H groups in total. The standard InChI is InChI=1S/C13H22N2S/c1-10-5-7-16-12(10)9-14-11-4-6-15-13(2,3)8-11/h5,7,11,14-15H,4,6,8-9H2,1-3H3. The molecular formula is C13H22N2S. The zero-order valence-electron chi connectivity index (χ0n) is 10.5. The summed E-state index contributed by atoms with van der Waals surface area (Å²) in [6.07, 6.45) is 2.46. The van der Waals surface area contributed by atoms with Crippen LogP contribution in [0.4, 0.5) is 0 Å². The Labute approximate surface area is 102 Å². The maximum absolute atomic E-state index is 3.69. The van der Waals surface area contributed by atoms with E-state index in [1.165, 1.54) is 23.3 Å². The molecular weight excluding hydrogens is 216 g/mol. The van der Waals surface area contributed by atoms with Crippen LogP contribution in [0.3, 0.4) is 0 Å². The minimum Gasteiger partial charge on any atom is -0.312 e. The summed E-state index contributed by atoms with van der Waals surface area (Å²) in [7, 11) is 0. The molecule has 1 aromatic rings. The van der Waals surface area contributed by atoms with E-state index < -0.39 is 0 Å². The van der Waals surface area contributed by atoms with Crippen LogP contribution in [0.15, 0.2) is 11.4 Å². The molecule has 0 radical (unpaired) electrons. The van der Waals surface area contributed by atoms with Crippen molar-refractivity contribution in [2.24, 2.45) is 0 Å². The smallest absolute Gasteiger partial charge is 0.0304 e. The van der Waals surface area contributed by atoms with Gasteiger partial charge in [-0.2, -0.15) is 0 Å². The molecule has 0 saturated carbocycles. The number of thiophene rings is 1. The van der Waals surface area contributed by atoms with Crippen LogP contribution in [0.2, 0.25) is 0 Å². The maximum Gasteiger partial charge on any atom is 0.0304 e. The lowest BCUT2D eigenvalue weighted by molar-refractivity contribution is 0.248. The predicted molar refractivity (Wildman–Crippen MR) is 71.0 cm³/mol. The average molecular weight is 238 g/mol. The zero-order valence-corrected chi connectivity index (χ0v) is 11.3. The lowest BCUT2D eigenvalue weighted by Gasteiger charge is -2.37. The van der Waals surface area contributed by atoms with E-state index in [-0.39, 0.29) is 0 Å². The molecule has 1 aliphatic heterocycles. The molecule has 0 amide bonds. The fourth-order valence-electron chi connectivity index (χ4n) is 2.37. The number of nitrogens with one attached hydrogen (secondary N) is 2. The third kappa shape index (κ3) is 3.06. The first kappa shape index (κ1) is 12.1. The van der Waals surface area contributed by atoms with Crippen LogP contribution < -0.4 is 10.6 Å². The van der Waals surface area contributed by atoms with Gasteiger partial charge >= 0.3 is 0 Å². The van der Waals surface area contributed by atoms with Gasteiger partial charge in [-0.05, 0) is 57.2 Å². The number of rotatable bonds is 3. The molecule has 1 unspecified atom stereocenters. The van der Waals surface area contributed by atoms with E-state index in [0.29, 0.717) is 11.6 Å². The van der Waals surface area contributed by atoms with Gasteiger partial charge in [-0.25, -0.2) is 0 Å². The van der Waals surface area contributed by atoms with Gasteiger partial charge in [0.1, 0.15) is 0 Å². The molecule has 0 bridgehead atoms. The Hall–Kier alpha value is -0.380. The van der Waals surface area contributed by atoms with Gasteiger partial charge in [-0.1, -0.05) is 0 Å². The van der Waals surface area contributed by atoms with Gasteiger partial charge in [0.2, 0.25) is 0 Å². The molecule has 1 saturated heterocycles. The maximum atomic E-state index is 3.69. The molecule has 3 heteroatoms. The summed E-state index contributed by atoms with van der Waals surface area (Å²) in [5.74, 6) is 0. The van der Waals surface area contributed by atoms with Crippen LogP contribution >= 0.6 is 11.3 Å². The highest BCUT2D eigenvalue weighted by Crippen LogP contribution is 2.20. The lowest BCUT2D eigenvalue weighted by atomic mass is 9.89. The fraction of sp³-hybridized carbons (Fsp3) is 0.692. The van der Waals surface area contributed by atoms with Crippen LogP contribution in [0.25, 0.3) is 0 Å². The molecule has 0 spiro atoms. The van der Waals surface area contributed by atoms with Crippen molar-refractivity contribution in [2.75, 3.05) is 6.54 Å². The van der Waals surface area contributed by atoms with E-state index in [2.05, 4.69) is 42.9 Å². The molecule has 90 valence electrons. The van der Waals surface area contributed by atoms with Crippen molar-refractivity contribution in [3.8, 4) is 0 Å². The van der Waals surface area contributed by atoms with Gasteiger partial charge in [0.05, 0.1) is 0 Å². The molecule has 1 atom stereocenters. The third-order valence-electron chi connectivity index (χ3n) is 3.37. The van der Waals surface area contributed by atoms with E-state index in [9.17, 15) is 0 Å². The lowest BCUT2D eigenvalue weighted by Crippen LogP contribution is -2.51. The molecule has 16 heavy (non-hydrogen) atoms. The van der Waals surface area contributed by atoms with Gasteiger partial charge in [0, 0.05) is 23.0 Å². The van der Waals surface area contributed by atoms with Crippen LogP contribution in [0, 0.1) is 6.92 Å². The highest BCUT2D eigenvalue weighted by atomic mass is 32.1. The largest absolute Gasteiger partial charge is 0.312 e. The molecule has 1 aromatic heterocycles. The molecule has 2 nitrogen and oxygen atoms in total. The van der Waals surface area contributed by atoms with Crippen molar-refractivity contribution in [3.63, 3.8) is 0 Å². The third-order valence-corrected chi connectivity index (χ3v) is 4.40. The van der Waals surface area contributed by atoms with Crippen LogP contribution in [0.5, 0.6) is 0 Å². The topological polar surface area (TPSA) is 24.1 Å². The normalized spacial score (nSPS) is 24.6. The summed E-state index contributed by atoms with van der Waals surface area (Å²) in [4.78, 5) is 1.48. The molecule has 0 aliphatic carbocycles. The molecule has 1 fully saturated rings. The number of piperidine rings is 1. The van der Waals surface area contributed by atoms with Crippen LogP contribution in [-0.4, -0.2) is 18.1 Å². The first-order chi connectivity index (χ1) is 7.57. The van der Waals surface area contributed by atoms with Crippen LogP contribution in [-0.2, 0) is 6.54 Å². The second-order valence-electron chi connectivity index (χ2n) is 5.41. The zero-order chi connectivity index (χ0) is 11.6. The van der Waals surface area contributed by atoms with Crippen molar-refractivity contribution >= 4 is 11.3 Å². The van der Waals surface area contributed by atoms with Crippen molar-refractivity contribution in [2.45, 2.75) is 51.7 Å². The highest BCUT2D eigenvalue weighted by Gasteiger charge is 2.26. The second kappa shape index (κ2) is 4.86. The Morgan fingerprint density at radius 3 is 3.00 bits per heavy atom. The van der Waals surface area contributed by atoms with Gasteiger partial charge in [0.25, 0.3) is 0 Å². The monoisotopic (exact) mass is 238 g/mol. The number of hydrogen-bond acceptors (Lipinski definition) is 3. The highest BCUT2D eigenvalue weighted by molar-refractivity contribution is 7.10. The first-order valence-corrected chi connectivity index (χ1v) is 6.96. The summed E-state index contributed by atoms with van der Waals surface area (Å²) in [5.41, 5.74) is 1.71. The molecule has 0 aromatic carbocycles. The van der Waals surface area contributed by atoms with E-state index in [1.54, 1.807) is 0 Å². The first-order valence-electron chi connectivity index (χ1n) is 6.08. The van der Waals surface area contributed by atoms with Gasteiger partial charge in [-0.3, -0.25) is 0 Å². The Bertz CT molecular complexity index is 343. The fourth-order valence-corrected chi connectivity index (χ4v) is 3.23. The molecule has 2 rings (SSSR count). The SMILES string of the molecule is Cc1ccsc1CNC1CCNC(C)(C)C1. The Kier molecular flexibility index (Phi) is 3.67. The van der Waals surface area contributed by atoms with E-state index in [0.717, 1.165) is 13.1 Å². The minimum absolute atomic E-state index is 0.292. The quantitative estimate of drug-likeness (QED) is 0.846. The Balaban J connectivity index is 1.84. The average Bonchev–Trinajstić information content (AvgIpc) is 2.60. The summed E-state index contributed by atoms with van der Waals surface area (Å²) in [5, 5.41) is 9.43. The minimum atomic E-state index is 0.292. The van der Waals surface area contributed by atoms with Gasteiger partial charge in [-0.15, -0.1) is 11.3 Å². The number of aryl methyl sites for hydroxylation is 1. The van der Waals surface area contributed by atoms with Gasteiger partial charge in [0.15, 0.2) is 0 Å². The van der Waals surface area contributed by atoms with Crippen molar-refractivity contribution in [1.29, 1.82) is 0 Å². The van der Waals surface area contributed by atoms with E-state index in [1.807, 2.05) is 11.3 Å². The van der Waals surface area contributed by atoms with Crippen molar-refractivity contribution in [3.05, 3.63) is 21.9 Å². The predicted octanol–water partition coefficient (Wildman–Crippen LogP) is 2.68. The summed E-state index contributed by atoms with van der Waals surface area (Å²) in [6, 6.07) is 2.87. The summed E-state index contributed by atoms with van der Waals surface area (Å²) >= 11 is 1.86. The second-order valence-corrected chi connectivity index (χ2v) is 6.41. The van der Waals surface area contributed by atoms with Crippen molar-refractivity contribution < 1.29 is 0 Å². The van der Waals surface area contributed by atoms with Gasteiger partial charge < -0.3 is 10.6 Å². The summed E-state index contributed by atoms with van der Waals surface area (Å²) in [6.45, 7) is 8.94. The number of hydrogen-bond donors (Lipinski definition) is 2. The van der Waals surface area contributed by atoms with Crippen LogP contribution in [0.1, 0.15) is 37.1 Å². The Morgan fingerprint density at radius 1 is 1.56 bits per heavy atom. The van der Waals surface area contributed by atoms with E-state index in [4.69, 9.17) is 0 Å². The summed E-state index contributed by atoms with van der Waals surface area (Å²) < 4.78 is 0. The van der Waals surface area contributed by atoms with E-state index >= 15 is 0 Å². The Morgan fingerprint density at radius 2 is 2.38 bits per heavy atom. The molecule has 2 heterocycles. The van der Waals surface area contributed by atoms with Crippen molar-refractivity contribution in [1.82, 2.24) is 10.6 Å².